The van der Waals surface area contributed by atoms with Gasteiger partial charge in [0.15, 0.2) is 0 Å². The summed E-state index contributed by atoms with van der Waals surface area (Å²) in [7, 11) is 3.26. The number of halogens is 2. The van der Waals surface area contributed by atoms with Crippen molar-refractivity contribution in [1.82, 2.24) is 0 Å². The van der Waals surface area contributed by atoms with Crippen molar-refractivity contribution in [1.29, 1.82) is 0 Å². The van der Waals surface area contributed by atoms with E-state index in [1.54, 1.807) is 0 Å². The lowest BCUT2D eigenvalue weighted by atomic mass is 10.1. The molecule has 0 unspecified atom stereocenters. The molecular weight excluding hydrogens is 252 g/mol. The van der Waals surface area contributed by atoms with Gasteiger partial charge in [0, 0.05) is 27.4 Å². The van der Waals surface area contributed by atoms with E-state index >= 15 is 0 Å². The molecule has 0 aliphatic heterocycles. The molecule has 0 saturated heterocycles. The average Bonchev–Trinajstić information content (AvgIpc) is 2.34. The minimum atomic E-state index is -2.18. The van der Waals surface area contributed by atoms with E-state index in [0.29, 0.717) is 6.07 Å². The maximum absolute atomic E-state index is 13.9. The molecule has 0 aliphatic carbocycles. The van der Waals surface area contributed by atoms with Gasteiger partial charge in [-0.2, -0.15) is 4.39 Å². The van der Waals surface area contributed by atoms with E-state index in [1.165, 1.54) is 0 Å². The lowest BCUT2D eigenvalue weighted by molar-refractivity contribution is -0.390. The number of nitro benzene ring substituents is 1. The summed E-state index contributed by atoms with van der Waals surface area (Å²) < 4.78 is 41.9. The number of benzene rings is 1. The molecule has 0 N–H and O–H groups in total. The van der Waals surface area contributed by atoms with Gasteiger partial charge in [0.1, 0.15) is 11.4 Å². The Morgan fingerprint density at radius 2 is 1.67 bits per heavy atom. The number of hydrogen-bond donors (Lipinski definition) is 0. The largest absolute Gasteiger partial charge is 0.327 e. The first kappa shape index (κ1) is 14.4. The highest BCUT2D eigenvalue weighted by Gasteiger charge is 2.41. The van der Waals surface area contributed by atoms with Crippen molar-refractivity contribution in [2.24, 2.45) is 0 Å². The summed E-state index contributed by atoms with van der Waals surface area (Å²) in [4.78, 5) is 9.62. The SMILES string of the molecule is COC(OC)(OC)c1c(F)ccc([N+](=O)[O-])c1F. The second kappa shape index (κ2) is 5.34. The van der Waals surface area contributed by atoms with Crippen molar-refractivity contribution in [2.45, 2.75) is 5.97 Å². The van der Waals surface area contributed by atoms with Gasteiger partial charge in [-0.1, -0.05) is 0 Å². The lowest BCUT2D eigenvalue weighted by Gasteiger charge is -2.29. The van der Waals surface area contributed by atoms with E-state index in [0.717, 1.165) is 27.4 Å². The maximum Gasteiger partial charge on any atom is 0.317 e. The third-order valence-corrected chi connectivity index (χ3v) is 2.38. The maximum atomic E-state index is 13.9. The summed E-state index contributed by atoms with van der Waals surface area (Å²) in [5, 5.41) is 10.6. The van der Waals surface area contributed by atoms with Crippen molar-refractivity contribution in [3.8, 4) is 0 Å². The molecule has 0 amide bonds. The van der Waals surface area contributed by atoms with Crippen LogP contribution in [0.15, 0.2) is 12.1 Å². The topological polar surface area (TPSA) is 70.8 Å². The van der Waals surface area contributed by atoms with Gasteiger partial charge in [-0.3, -0.25) is 10.1 Å². The standard InChI is InChI=1S/C10H11F2NO5/c1-16-10(17-2,18-3)8-6(11)4-5-7(9(8)12)13(14)15/h4-5H,1-3H3. The van der Waals surface area contributed by atoms with Crippen LogP contribution in [0.4, 0.5) is 14.5 Å². The van der Waals surface area contributed by atoms with Gasteiger partial charge in [0.05, 0.1) is 4.92 Å². The van der Waals surface area contributed by atoms with Crippen LogP contribution in [0, 0.1) is 21.7 Å². The molecule has 1 aromatic carbocycles. The number of methoxy groups -OCH3 is 3. The second-order valence-electron chi connectivity index (χ2n) is 3.18. The molecule has 0 heterocycles. The number of rotatable bonds is 5. The number of nitrogens with zero attached hydrogens (tertiary/aromatic N) is 1. The second-order valence-corrected chi connectivity index (χ2v) is 3.18. The molecule has 1 aromatic rings. The average molecular weight is 263 g/mol. The van der Waals surface area contributed by atoms with Gasteiger partial charge in [-0.25, -0.2) is 4.39 Å². The highest BCUT2D eigenvalue weighted by molar-refractivity contribution is 5.39. The first-order valence-corrected chi connectivity index (χ1v) is 4.71. The van der Waals surface area contributed by atoms with Crippen molar-refractivity contribution >= 4 is 5.69 Å². The van der Waals surface area contributed by atoms with E-state index < -0.39 is 33.8 Å². The normalized spacial score (nSPS) is 11.6. The Bertz CT molecular complexity index is 454. The Hall–Kier alpha value is -1.64. The first-order valence-electron chi connectivity index (χ1n) is 4.71. The van der Waals surface area contributed by atoms with Crippen molar-refractivity contribution < 1.29 is 27.9 Å². The zero-order valence-corrected chi connectivity index (χ0v) is 9.90. The van der Waals surface area contributed by atoms with Crippen LogP contribution in [0.1, 0.15) is 5.56 Å². The Kier molecular flexibility index (Phi) is 4.28. The van der Waals surface area contributed by atoms with Gasteiger partial charge in [-0.15, -0.1) is 0 Å². The highest BCUT2D eigenvalue weighted by Crippen LogP contribution is 2.34. The fourth-order valence-corrected chi connectivity index (χ4v) is 1.52. The monoisotopic (exact) mass is 263 g/mol. The molecule has 0 atom stereocenters. The van der Waals surface area contributed by atoms with Crippen LogP contribution >= 0.6 is 0 Å². The molecule has 18 heavy (non-hydrogen) atoms. The Morgan fingerprint density at radius 1 is 1.17 bits per heavy atom. The van der Waals surface area contributed by atoms with Crippen molar-refractivity contribution in [3.05, 3.63) is 39.4 Å². The van der Waals surface area contributed by atoms with Gasteiger partial charge in [-0.05, 0) is 6.07 Å². The molecule has 1 rings (SSSR count). The minimum absolute atomic E-state index is 0.708. The first-order chi connectivity index (χ1) is 8.43. The third-order valence-electron chi connectivity index (χ3n) is 2.38. The van der Waals surface area contributed by atoms with Crippen molar-refractivity contribution in [2.75, 3.05) is 21.3 Å². The molecule has 0 aromatic heterocycles. The summed E-state index contributed by atoms with van der Waals surface area (Å²) in [6.45, 7) is 0. The van der Waals surface area contributed by atoms with E-state index in [1.807, 2.05) is 0 Å². The molecule has 6 nitrogen and oxygen atoms in total. The number of nitro groups is 1. The molecule has 0 fully saturated rings. The molecule has 0 aliphatic rings. The fourth-order valence-electron chi connectivity index (χ4n) is 1.52. The van der Waals surface area contributed by atoms with Crippen LogP contribution in [0.5, 0.6) is 0 Å². The van der Waals surface area contributed by atoms with Crippen LogP contribution in [-0.4, -0.2) is 26.3 Å². The minimum Gasteiger partial charge on any atom is -0.327 e. The highest BCUT2D eigenvalue weighted by atomic mass is 19.1. The summed E-state index contributed by atoms with van der Waals surface area (Å²) in [5.41, 5.74) is -1.72. The summed E-state index contributed by atoms with van der Waals surface area (Å²) >= 11 is 0. The predicted octanol–water partition coefficient (Wildman–Crippen LogP) is 1.92. The predicted molar refractivity (Wildman–Crippen MR) is 55.7 cm³/mol. The molecule has 0 spiro atoms. The zero-order chi connectivity index (χ0) is 13.9. The molecule has 100 valence electrons. The Morgan fingerprint density at radius 3 is 2.06 bits per heavy atom. The molecule has 8 heteroatoms. The number of ether oxygens (including phenoxy) is 3. The van der Waals surface area contributed by atoms with Crippen LogP contribution in [-0.2, 0) is 20.2 Å². The van der Waals surface area contributed by atoms with Crippen LogP contribution in [0.2, 0.25) is 0 Å². The van der Waals surface area contributed by atoms with E-state index in [2.05, 4.69) is 0 Å². The quantitative estimate of drug-likeness (QED) is 0.461. The summed E-state index contributed by atoms with van der Waals surface area (Å²) in [5.74, 6) is -4.67. The smallest absolute Gasteiger partial charge is 0.317 e. The van der Waals surface area contributed by atoms with Gasteiger partial charge < -0.3 is 14.2 Å². The van der Waals surface area contributed by atoms with Gasteiger partial charge in [0.25, 0.3) is 0 Å². The van der Waals surface area contributed by atoms with Crippen LogP contribution in [0.25, 0.3) is 0 Å². The molecule has 0 saturated carbocycles. The Labute approximate surface area is 101 Å². The summed E-state index contributed by atoms with van der Waals surface area (Å²) in [6, 6.07) is 1.45. The lowest BCUT2D eigenvalue weighted by Crippen LogP contribution is -2.35. The fraction of sp³-hybridized carbons (Fsp3) is 0.400. The van der Waals surface area contributed by atoms with E-state index in [4.69, 9.17) is 14.2 Å². The van der Waals surface area contributed by atoms with E-state index in [9.17, 15) is 18.9 Å². The summed E-state index contributed by atoms with van der Waals surface area (Å²) in [6.07, 6.45) is 0. The molecule has 0 bridgehead atoms. The van der Waals surface area contributed by atoms with Gasteiger partial charge in [0.2, 0.25) is 5.82 Å². The van der Waals surface area contributed by atoms with E-state index in [-0.39, 0.29) is 0 Å². The molecular formula is C10H11F2NO5. The Balaban J connectivity index is 3.56. The molecule has 0 radical (unpaired) electrons. The zero-order valence-electron chi connectivity index (χ0n) is 9.90. The van der Waals surface area contributed by atoms with Crippen molar-refractivity contribution in [3.63, 3.8) is 0 Å². The van der Waals surface area contributed by atoms with Gasteiger partial charge >= 0.3 is 11.7 Å². The third kappa shape index (κ3) is 2.17. The number of hydrogen-bond acceptors (Lipinski definition) is 5. The van der Waals surface area contributed by atoms with Crippen LogP contribution in [0.3, 0.4) is 0 Å². The van der Waals surface area contributed by atoms with Crippen LogP contribution < -0.4 is 0 Å².